The van der Waals surface area contributed by atoms with E-state index in [1.807, 2.05) is 24.3 Å². The van der Waals surface area contributed by atoms with E-state index in [0.29, 0.717) is 0 Å². The van der Waals surface area contributed by atoms with Crippen LogP contribution in [0.15, 0.2) is 36.2 Å². The summed E-state index contributed by atoms with van der Waals surface area (Å²) in [5.74, 6) is -0.672. The van der Waals surface area contributed by atoms with Gasteiger partial charge in [-0.15, -0.1) is 0 Å². The Hall–Kier alpha value is -2.04. The fraction of sp³-hybridized carbons (Fsp3) is 0.273. The van der Waals surface area contributed by atoms with Crippen molar-refractivity contribution >= 4 is 11.8 Å². The van der Waals surface area contributed by atoms with Gasteiger partial charge in [0.25, 0.3) is 5.91 Å². The van der Waals surface area contributed by atoms with Gasteiger partial charge in [-0.05, 0) is 6.42 Å². The lowest BCUT2D eigenvalue weighted by atomic mass is 9.93. The Morgan fingerprint density at radius 3 is 2.62 bits per heavy atom. The van der Waals surface area contributed by atoms with Gasteiger partial charge in [-0.3, -0.25) is 9.59 Å². The minimum atomic E-state index is -0.552. The highest BCUT2D eigenvalue weighted by Crippen LogP contribution is 2.16. The third-order valence-electron chi connectivity index (χ3n) is 2.61. The summed E-state index contributed by atoms with van der Waals surface area (Å²) >= 11 is 0. The van der Waals surface area contributed by atoms with Crippen LogP contribution < -0.4 is 16.4 Å². The third kappa shape index (κ3) is 1.84. The van der Waals surface area contributed by atoms with Crippen LogP contribution in [0.1, 0.15) is 6.42 Å². The van der Waals surface area contributed by atoms with Crippen LogP contribution in [0, 0.1) is 5.92 Å². The molecule has 1 aliphatic carbocycles. The third-order valence-corrected chi connectivity index (χ3v) is 2.61. The molecule has 4 N–H and O–H groups in total. The molecule has 2 aliphatic rings. The van der Waals surface area contributed by atoms with Gasteiger partial charge >= 0.3 is 0 Å². The highest BCUT2D eigenvalue weighted by molar-refractivity contribution is 6.04. The number of carbonyl (C=O) groups excluding carboxylic acids is 2. The van der Waals surface area contributed by atoms with Crippen molar-refractivity contribution in [2.75, 3.05) is 0 Å². The number of carbonyl (C=O) groups is 2. The fourth-order valence-corrected chi connectivity index (χ4v) is 1.78. The number of piperazine rings is 1. The lowest BCUT2D eigenvalue weighted by Crippen LogP contribution is -2.57. The van der Waals surface area contributed by atoms with E-state index in [1.165, 1.54) is 0 Å². The van der Waals surface area contributed by atoms with Crippen LogP contribution in [0.3, 0.4) is 0 Å². The number of nitrogens with one attached hydrogen (secondary N) is 2. The second-order valence-corrected chi connectivity index (χ2v) is 3.69. The van der Waals surface area contributed by atoms with E-state index < -0.39 is 6.04 Å². The summed E-state index contributed by atoms with van der Waals surface area (Å²) in [4.78, 5) is 23.2. The lowest BCUT2D eigenvalue weighted by molar-refractivity contribution is -0.131. The molecule has 1 saturated heterocycles. The molecule has 1 heterocycles. The Balaban J connectivity index is 2.15. The minimum absolute atomic E-state index is 0.0861. The standard InChI is InChI=1S/C11H13N3O2/c12-6-8-10(15)14-9(11(16)13-8)7-4-2-1-3-5-7/h2-7,9H,1,12H2,(H,13,16)(H,14,15). The normalized spacial score (nSPS) is 28.0. The number of allylic oxidation sites excluding steroid dienone is 2. The molecule has 0 saturated carbocycles. The Kier molecular flexibility index (Phi) is 2.76. The summed E-state index contributed by atoms with van der Waals surface area (Å²) in [7, 11) is 0. The van der Waals surface area contributed by atoms with Crippen LogP contribution in [0.2, 0.25) is 0 Å². The van der Waals surface area contributed by atoms with Crippen molar-refractivity contribution < 1.29 is 9.59 Å². The Morgan fingerprint density at radius 2 is 2.00 bits per heavy atom. The van der Waals surface area contributed by atoms with Gasteiger partial charge in [-0.2, -0.15) is 0 Å². The molecule has 5 heteroatoms. The molecule has 0 bridgehead atoms. The van der Waals surface area contributed by atoms with Gasteiger partial charge in [-0.25, -0.2) is 0 Å². The van der Waals surface area contributed by atoms with Gasteiger partial charge in [-0.1, -0.05) is 24.3 Å². The Morgan fingerprint density at radius 1 is 1.31 bits per heavy atom. The number of rotatable bonds is 1. The van der Waals surface area contributed by atoms with Crippen molar-refractivity contribution in [3.8, 4) is 0 Å². The van der Waals surface area contributed by atoms with Gasteiger partial charge in [0, 0.05) is 12.1 Å². The molecular formula is C11H13N3O2. The molecule has 84 valence electrons. The molecule has 16 heavy (non-hydrogen) atoms. The summed E-state index contributed by atoms with van der Waals surface area (Å²) in [5, 5.41) is 5.12. The summed E-state index contributed by atoms with van der Waals surface area (Å²) < 4.78 is 0. The molecule has 2 amide bonds. The predicted octanol–water partition coefficient (Wildman–Crippen LogP) is -0.467. The van der Waals surface area contributed by atoms with Gasteiger partial charge in [0.1, 0.15) is 11.7 Å². The zero-order valence-corrected chi connectivity index (χ0v) is 8.64. The molecule has 1 unspecified atom stereocenters. The van der Waals surface area contributed by atoms with Crippen LogP contribution in [0.25, 0.3) is 0 Å². The average Bonchev–Trinajstić information content (AvgIpc) is 2.32. The van der Waals surface area contributed by atoms with Crippen LogP contribution in [-0.2, 0) is 9.59 Å². The first-order chi connectivity index (χ1) is 7.72. The number of hydrogen-bond donors (Lipinski definition) is 3. The minimum Gasteiger partial charge on any atom is -0.403 e. The van der Waals surface area contributed by atoms with E-state index in [-0.39, 0.29) is 23.4 Å². The van der Waals surface area contributed by atoms with E-state index >= 15 is 0 Å². The van der Waals surface area contributed by atoms with Crippen molar-refractivity contribution in [2.24, 2.45) is 11.7 Å². The van der Waals surface area contributed by atoms with Crippen LogP contribution in [0.4, 0.5) is 0 Å². The van der Waals surface area contributed by atoms with Crippen LogP contribution >= 0.6 is 0 Å². The lowest BCUT2D eigenvalue weighted by Gasteiger charge is -2.28. The highest BCUT2D eigenvalue weighted by atomic mass is 16.2. The van der Waals surface area contributed by atoms with E-state index in [4.69, 9.17) is 5.73 Å². The maximum Gasteiger partial charge on any atom is 0.269 e. The fourth-order valence-electron chi connectivity index (χ4n) is 1.78. The topological polar surface area (TPSA) is 84.2 Å². The molecule has 1 fully saturated rings. The molecule has 0 aromatic carbocycles. The first-order valence-electron chi connectivity index (χ1n) is 5.09. The van der Waals surface area contributed by atoms with Crippen LogP contribution in [-0.4, -0.2) is 17.9 Å². The summed E-state index contributed by atoms with van der Waals surface area (Å²) in [5.41, 5.74) is 5.32. The van der Waals surface area contributed by atoms with Gasteiger partial charge in [0.15, 0.2) is 0 Å². The second kappa shape index (κ2) is 4.22. The molecule has 1 atom stereocenters. The van der Waals surface area contributed by atoms with Crippen LogP contribution in [0.5, 0.6) is 0 Å². The Labute approximate surface area is 93.1 Å². The van der Waals surface area contributed by atoms with E-state index in [1.54, 1.807) is 0 Å². The second-order valence-electron chi connectivity index (χ2n) is 3.69. The zero-order chi connectivity index (χ0) is 11.5. The van der Waals surface area contributed by atoms with E-state index in [9.17, 15) is 9.59 Å². The molecule has 0 spiro atoms. The van der Waals surface area contributed by atoms with Crippen molar-refractivity contribution in [3.63, 3.8) is 0 Å². The summed E-state index contributed by atoms with van der Waals surface area (Å²) in [6.45, 7) is 0. The van der Waals surface area contributed by atoms with E-state index in [2.05, 4.69) is 10.6 Å². The predicted molar refractivity (Wildman–Crippen MR) is 58.7 cm³/mol. The molecule has 5 nitrogen and oxygen atoms in total. The highest BCUT2D eigenvalue weighted by Gasteiger charge is 2.33. The van der Waals surface area contributed by atoms with Crippen molar-refractivity contribution in [2.45, 2.75) is 12.5 Å². The number of hydrogen-bond acceptors (Lipinski definition) is 3. The van der Waals surface area contributed by atoms with E-state index in [0.717, 1.165) is 12.6 Å². The molecule has 0 aromatic heterocycles. The quantitative estimate of drug-likeness (QED) is 0.412. The van der Waals surface area contributed by atoms with Crippen molar-refractivity contribution in [3.05, 3.63) is 36.2 Å². The average molecular weight is 219 g/mol. The number of nitrogens with two attached hydrogens (primary N) is 1. The zero-order valence-electron chi connectivity index (χ0n) is 8.64. The number of amides is 2. The first kappa shape index (κ1) is 10.5. The van der Waals surface area contributed by atoms with Gasteiger partial charge in [0.05, 0.1) is 0 Å². The molecule has 0 radical (unpaired) electrons. The summed E-state index contributed by atoms with van der Waals surface area (Å²) in [6, 6.07) is -0.552. The first-order valence-corrected chi connectivity index (χ1v) is 5.09. The SMILES string of the molecule is NC=C1NC(=O)C(C2C=CCC=C2)NC1=O. The monoisotopic (exact) mass is 219 g/mol. The molecule has 0 aromatic rings. The molecule has 2 rings (SSSR count). The van der Waals surface area contributed by atoms with Crippen molar-refractivity contribution in [1.29, 1.82) is 0 Å². The van der Waals surface area contributed by atoms with Crippen molar-refractivity contribution in [1.82, 2.24) is 10.6 Å². The smallest absolute Gasteiger partial charge is 0.269 e. The van der Waals surface area contributed by atoms with Gasteiger partial charge in [0.2, 0.25) is 5.91 Å². The largest absolute Gasteiger partial charge is 0.403 e. The Bertz CT molecular complexity index is 397. The summed E-state index contributed by atoms with van der Waals surface area (Å²) in [6.07, 6.45) is 9.74. The van der Waals surface area contributed by atoms with Gasteiger partial charge < -0.3 is 16.4 Å². The maximum atomic E-state index is 11.7. The molecule has 1 aliphatic heterocycles. The maximum absolute atomic E-state index is 11.7. The molecular weight excluding hydrogens is 206 g/mol.